The van der Waals surface area contributed by atoms with Gasteiger partial charge < -0.3 is 20.9 Å². The van der Waals surface area contributed by atoms with Gasteiger partial charge in [-0.25, -0.2) is 0 Å². The smallest absolute Gasteiger partial charge is 0.272 e. The summed E-state index contributed by atoms with van der Waals surface area (Å²) in [6.07, 6.45) is 1.64. The third kappa shape index (κ3) is 8.99. The fraction of sp³-hybridized carbons (Fsp3) is 0.0938. The molecule has 0 atom stereocenters. The maximum absolute atomic E-state index is 13.3. The Kier molecular flexibility index (Phi) is 10.2. The molecule has 0 spiro atoms. The highest BCUT2D eigenvalue weighted by Gasteiger charge is 2.15. The highest BCUT2D eigenvalue weighted by atomic mass is 35.5. The molecule has 0 heterocycles. The molecule has 9 heteroatoms. The number of thioether (sulfide) groups is 1. The molecule has 0 aliphatic rings. The number of halogens is 1. The number of hydrogen-bond acceptors (Lipinski definition) is 5. The van der Waals surface area contributed by atoms with E-state index in [1.807, 2.05) is 61.5 Å². The summed E-state index contributed by atoms with van der Waals surface area (Å²) in [5.41, 5.74) is 3.50. The van der Waals surface area contributed by atoms with Crippen LogP contribution in [0.15, 0.2) is 114 Å². The number of rotatable bonds is 10. The summed E-state index contributed by atoms with van der Waals surface area (Å²) in [6, 6.07) is 30.4. The molecule has 3 N–H and O–H groups in total. The van der Waals surface area contributed by atoms with Crippen molar-refractivity contribution >= 4 is 64.2 Å². The minimum Gasteiger partial charge on any atom is -0.378 e. The number of nitrogens with zero attached hydrogens (tertiary/aromatic N) is 1. The van der Waals surface area contributed by atoms with E-state index in [-0.39, 0.29) is 23.3 Å². The van der Waals surface area contributed by atoms with Crippen LogP contribution in [0.1, 0.15) is 15.9 Å². The van der Waals surface area contributed by atoms with E-state index in [1.165, 1.54) is 11.8 Å². The van der Waals surface area contributed by atoms with Crippen LogP contribution in [0, 0.1) is 0 Å². The highest BCUT2D eigenvalue weighted by Crippen LogP contribution is 2.22. The van der Waals surface area contributed by atoms with Crippen molar-refractivity contribution < 1.29 is 14.4 Å². The molecule has 41 heavy (non-hydrogen) atoms. The fourth-order valence-corrected chi connectivity index (χ4v) is 4.61. The van der Waals surface area contributed by atoms with Crippen LogP contribution in [0.3, 0.4) is 0 Å². The van der Waals surface area contributed by atoms with Gasteiger partial charge in [-0.15, -0.1) is 11.8 Å². The quantitative estimate of drug-likeness (QED) is 0.145. The third-order valence-corrected chi connectivity index (χ3v) is 7.09. The summed E-state index contributed by atoms with van der Waals surface area (Å²) in [5, 5.41) is 8.96. The summed E-state index contributed by atoms with van der Waals surface area (Å²) in [5.74, 6) is -0.798. The fourth-order valence-electron chi connectivity index (χ4n) is 3.72. The molecule has 0 unspecified atom stereocenters. The van der Waals surface area contributed by atoms with E-state index in [1.54, 1.807) is 66.7 Å². The molecular formula is C32H29ClN4O3S. The molecule has 4 aromatic carbocycles. The average Bonchev–Trinajstić information content (AvgIpc) is 2.97. The monoisotopic (exact) mass is 584 g/mol. The Morgan fingerprint density at radius 3 is 2.17 bits per heavy atom. The number of amides is 3. The Hall–Kier alpha value is -4.53. The van der Waals surface area contributed by atoms with Gasteiger partial charge in [0.25, 0.3) is 11.8 Å². The van der Waals surface area contributed by atoms with E-state index in [0.29, 0.717) is 22.0 Å². The average molecular weight is 585 g/mol. The number of nitrogens with one attached hydrogen (secondary N) is 3. The van der Waals surface area contributed by atoms with Crippen molar-refractivity contribution in [1.29, 1.82) is 0 Å². The first kappa shape index (κ1) is 29.5. The lowest BCUT2D eigenvalue weighted by molar-refractivity contribution is -0.114. The highest BCUT2D eigenvalue weighted by molar-refractivity contribution is 8.00. The summed E-state index contributed by atoms with van der Waals surface area (Å²) in [4.78, 5) is 41.3. The van der Waals surface area contributed by atoms with Crippen molar-refractivity contribution in [3.8, 4) is 0 Å². The lowest BCUT2D eigenvalue weighted by atomic mass is 10.1. The van der Waals surface area contributed by atoms with Crippen LogP contribution in [0.4, 0.5) is 17.1 Å². The van der Waals surface area contributed by atoms with Crippen LogP contribution >= 0.6 is 23.4 Å². The maximum atomic E-state index is 13.3. The number of carbonyl (C=O) groups is 3. The van der Waals surface area contributed by atoms with Gasteiger partial charge in [0, 0.05) is 46.6 Å². The Labute approximate surface area is 248 Å². The molecule has 0 aliphatic carbocycles. The summed E-state index contributed by atoms with van der Waals surface area (Å²) < 4.78 is 0. The van der Waals surface area contributed by atoms with Gasteiger partial charge in [-0.1, -0.05) is 48.0 Å². The lowest BCUT2D eigenvalue weighted by Gasteiger charge is -2.13. The molecule has 208 valence electrons. The Morgan fingerprint density at radius 1 is 0.805 bits per heavy atom. The molecule has 0 saturated heterocycles. The van der Waals surface area contributed by atoms with E-state index in [0.717, 1.165) is 16.1 Å². The summed E-state index contributed by atoms with van der Waals surface area (Å²) in [7, 11) is 3.90. The van der Waals surface area contributed by atoms with Crippen LogP contribution in [-0.4, -0.2) is 37.6 Å². The number of hydrogen-bond donors (Lipinski definition) is 3. The second kappa shape index (κ2) is 14.2. The number of benzene rings is 4. The molecule has 0 saturated carbocycles. The Balaban J connectivity index is 1.42. The standard InChI is InChI=1S/C32H29ClN4O3S/c1-37(2)27-15-11-22(12-16-27)19-29(36-31(39)23-7-4-3-5-8-23)32(40)35-25-13-17-28(18-14-25)41-21-30(38)34-26-10-6-9-24(33)20-26/h3-20H,21H2,1-2H3,(H,34,38)(H,35,40)(H,36,39)/b29-19-. The number of anilines is 3. The Morgan fingerprint density at radius 2 is 1.51 bits per heavy atom. The molecule has 4 aromatic rings. The molecule has 7 nitrogen and oxygen atoms in total. The van der Waals surface area contributed by atoms with Crippen molar-refractivity contribution in [1.82, 2.24) is 5.32 Å². The van der Waals surface area contributed by atoms with Crippen molar-refractivity contribution in [3.05, 3.63) is 125 Å². The van der Waals surface area contributed by atoms with E-state index >= 15 is 0 Å². The van der Waals surface area contributed by atoms with Gasteiger partial charge in [0.05, 0.1) is 5.75 Å². The molecule has 0 radical (unpaired) electrons. The first-order chi connectivity index (χ1) is 19.8. The van der Waals surface area contributed by atoms with Crippen molar-refractivity contribution in [2.75, 3.05) is 35.4 Å². The maximum Gasteiger partial charge on any atom is 0.272 e. The van der Waals surface area contributed by atoms with Crippen molar-refractivity contribution in [2.24, 2.45) is 0 Å². The van der Waals surface area contributed by atoms with E-state index in [2.05, 4.69) is 16.0 Å². The molecule has 4 rings (SSSR count). The van der Waals surface area contributed by atoms with Gasteiger partial charge in [0.15, 0.2) is 0 Å². The molecule has 0 bridgehead atoms. The van der Waals surface area contributed by atoms with Gasteiger partial charge in [-0.05, 0) is 78.4 Å². The van der Waals surface area contributed by atoms with Gasteiger partial charge in [0.2, 0.25) is 5.91 Å². The largest absolute Gasteiger partial charge is 0.378 e. The van der Waals surface area contributed by atoms with Crippen LogP contribution in [0.2, 0.25) is 5.02 Å². The zero-order valence-corrected chi connectivity index (χ0v) is 24.1. The summed E-state index contributed by atoms with van der Waals surface area (Å²) >= 11 is 7.34. The molecule has 0 aliphatic heterocycles. The normalized spacial score (nSPS) is 11.0. The van der Waals surface area contributed by atoms with E-state index in [9.17, 15) is 14.4 Å². The van der Waals surface area contributed by atoms with Crippen molar-refractivity contribution in [2.45, 2.75) is 4.90 Å². The zero-order chi connectivity index (χ0) is 29.2. The topological polar surface area (TPSA) is 90.5 Å². The van der Waals surface area contributed by atoms with Crippen LogP contribution in [0.25, 0.3) is 6.08 Å². The minimum absolute atomic E-state index is 0.104. The predicted octanol–water partition coefficient (Wildman–Crippen LogP) is 6.55. The first-order valence-electron chi connectivity index (χ1n) is 12.7. The second-order valence-corrected chi connectivity index (χ2v) is 10.7. The van der Waals surface area contributed by atoms with Gasteiger partial charge in [-0.3, -0.25) is 14.4 Å². The van der Waals surface area contributed by atoms with Crippen molar-refractivity contribution in [3.63, 3.8) is 0 Å². The van der Waals surface area contributed by atoms with Gasteiger partial charge in [0.1, 0.15) is 5.70 Å². The van der Waals surface area contributed by atoms with Crippen LogP contribution in [0.5, 0.6) is 0 Å². The van der Waals surface area contributed by atoms with Crippen LogP contribution in [-0.2, 0) is 9.59 Å². The lowest BCUT2D eigenvalue weighted by Crippen LogP contribution is -2.30. The van der Waals surface area contributed by atoms with E-state index < -0.39 is 5.91 Å². The summed E-state index contributed by atoms with van der Waals surface area (Å²) in [6.45, 7) is 0. The van der Waals surface area contributed by atoms with Gasteiger partial charge >= 0.3 is 0 Å². The third-order valence-electron chi connectivity index (χ3n) is 5.84. The SMILES string of the molecule is CN(C)c1ccc(/C=C(\NC(=O)c2ccccc2)C(=O)Nc2ccc(SCC(=O)Nc3cccc(Cl)c3)cc2)cc1. The number of carbonyl (C=O) groups excluding carboxylic acids is 3. The van der Waals surface area contributed by atoms with Crippen LogP contribution < -0.4 is 20.9 Å². The molecule has 3 amide bonds. The molecule has 0 fully saturated rings. The predicted molar refractivity (Wildman–Crippen MR) is 169 cm³/mol. The molecular weight excluding hydrogens is 556 g/mol. The van der Waals surface area contributed by atoms with E-state index in [4.69, 9.17) is 11.6 Å². The first-order valence-corrected chi connectivity index (χ1v) is 14.1. The second-order valence-electron chi connectivity index (χ2n) is 9.19. The molecule has 0 aromatic heterocycles. The minimum atomic E-state index is -0.465. The Bertz CT molecular complexity index is 1540. The van der Waals surface area contributed by atoms with Gasteiger partial charge in [-0.2, -0.15) is 0 Å². The zero-order valence-electron chi connectivity index (χ0n) is 22.6.